The van der Waals surface area contributed by atoms with Crippen LogP contribution >= 0.6 is 0 Å². The lowest BCUT2D eigenvalue weighted by Gasteiger charge is -2.23. The summed E-state index contributed by atoms with van der Waals surface area (Å²) < 4.78 is 2.22. The summed E-state index contributed by atoms with van der Waals surface area (Å²) in [5, 5.41) is 14.5. The number of para-hydroxylation sites is 1. The van der Waals surface area contributed by atoms with Gasteiger partial charge in [0, 0.05) is 49.0 Å². The van der Waals surface area contributed by atoms with Crippen LogP contribution in [0.5, 0.6) is 0 Å². The van der Waals surface area contributed by atoms with Crippen molar-refractivity contribution < 1.29 is 4.79 Å². The van der Waals surface area contributed by atoms with E-state index in [1.54, 1.807) is 0 Å². The first kappa shape index (κ1) is 20.5. The average molecular weight is 411 g/mol. The van der Waals surface area contributed by atoms with Crippen LogP contribution in [0.3, 0.4) is 0 Å². The maximum atomic E-state index is 13.0. The summed E-state index contributed by atoms with van der Waals surface area (Å²) in [6.45, 7) is 7.35. The smallest absolute Gasteiger partial charge is 0.252 e. The molecule has 0 unspecified atom stereocenters. The minimum Gasteiger partial charge on any atom is -0.375 e. The Labute approximate surface area is 182 Å². The van der Waals surface area contributed by atoms with Crippen molar-refractivity contribution in [1.29, 1.82) is 5.26 Å². The first-order chi connectivity index (χ1) is 15.0. The summed E-state index contributed by atoms with van der Waals surface area (Å²) in [4.78, 5) is 15.1. The van der Waals surface area contributed by atoms with E-state index in [4.69, 9.17) is 0 Å². The molecule has 0 radical (unpaired) electrons. The molecule has 4 rings (SSSR count). The van der Waals surface area contributed by atoms with Crippen molar-refractivity contribution in [1.82, 2.24) is 9.88 Å². The molecule has 1 aliphatic rings. The van der Waals surface area contributed by atoms with Crippen molar-refractivity contribution in [2.45, 2.75) is 26.4 Å². The molecule has 1 aliphatic heterocycles. The molecule has 0 spiro atoms. The van der Waals surface area contributed by atoms with Gasteiger partial charge >= 0.3 is 0 Å². The number of allylic oxidation sites excluding steroid dienone is 5. The van der Waals surface area contributed by atoms with Gasteiger partial charge in [-0.05, 0) is 24.1 Å². The molecular weight excluding hydrogens is 384 g/mol. The second kappa shape index (κ2) is 8.16. The molecule has 1 amide bonds. The van der Waals surface area contributed by atoms with E-state index in [1.807, 2.05) is 57.5 Å². The standard InChI is InChI=1S/C26H26N4O/c1-5-6-7-11-17(2)21-23-19(16-28-26(23)31)22-18-12-8-9-13-20(18)30(15-10-14-27)25(22)24(21)29(3)4/h5-9,11-13H,2,10,15-16H2,1,3-4H3,(H,28,31)/b6-5-,11-7-. The van der Waals surface area contributed by atoms with E-state index in [0.29, 0.717) is 25.1 Å². The number of fused-ring (bicyclic) bond motifs is 5. The highest BCUT2D eigenvalue weighted by Crippen LogP contribution is 2.45. The Balaban J connectivity index is 2.21. The van der Waals surface area contributed by atoms with E-state index >= 15 is 0 Å². The second-order valence-electron chi connectivity index (χ2n) is 7.86. The van der Waals surface area contributed by atoms with Crippen LogP contribution in [0.15, 0.2) is 55.1 Å². The number of amides is 1. The van der Waals surface area contributed by atoms with Crippen LogP contribution in [0, 0.1) is 11.3 Å². The van der Waals surface area contributed by atoms with E-state index in [0.717, 1.165) is 44.2 Å². The first-order valence-corrected chi connectivity index (χ1v) is 10.4. The molecule has 0 fully saturated rings. The quantitative estimate of drug-likeness (QED) is 0.571. The molecule has 0 atom stereocenters. The van der Waals surface area contributed by atoms with Crippen LogP contribution in [-0.2, 0) is 13.1 Å². The largest absolute Gasteiger partial charge is 0.375 e. The average Bonchev–Trinajstić information content (AvgIpc) is 3.29. The summed E-state index contributed by atoms with van der Waals surface area (Å²) >= 11 is 0. The number of nitrogens with one attached hydrogen (secondary N) is 1. The highest BCUT2D eigenvalue weighted by molar-refractivity contribution is 6.21. The summed E-state index contributed by atoms with van der Waals surface area (Å²) in [5.74, 6) is -0.0653. The number of rotatable bonds is 6. The molecule has 2 aromatic carbocycles. The number of aryl methyl sites for hydroxylation is 1. The highest BCUT2D eigenvalue weighted by Gasteiger charge is 2.32. The molecule has 0 bridgehead atoms. The Morgan fingerprint density at radius 1 is 1.32 bits per heavy atom. The Morgan fingerprint density at radius 2 is 2.10 bits per heavy atom. The van der Waals surface area contributed by atoms with Gasteiger partial charge in [0.2, 0.25) is 0 Å². The van der Waals surface area contributed by atoms with Crippen molar-refractivity contribution in [3.63, 3.8) is 0 Å². The van der Waals surface area contributed by atoms with Gasteiger partial charge in [-0.3, -0.25) is 4.79 Å². The van der Waals surface area contributed by atoms with Gasteiger partial charge in [0.15, 0.2) is 0 Å². The molecule has 5 heteroatoms. The van der Waals surface area contributed by atoms with E-state index in [1.165, 1.54) is 0 Å². The number of nitrogens with zero attached hydrogens (tertiary/aromatic N) is 3. The number of aromatic nitrogens is 1. The molecule has 1 N–H and O–H groups in total. The molecule has 0 saturated carbocycles. The SMILES string of the molecule is C=C(/C=C\C=C/C)c1c2c(c3c4ccccc4n(CCC#N)c3c1N(C)C)CNC2=O. The third-order valence-electron chi connectivity index (χ3n) is 5.75. The molecule has 31 heavy (non-hydrogen) atoms. The van der Waals surface area contributed by atoms with E-state index < -0.39 is 0 Å². The zero-order chi connectivity index (χ0) is 22.1. The lowest BCUT2D eigenvalue weighted by atomic mass is 9.91. The van der Waals surface area contributed by atoms with Gasteiger partial charge in [-0.1, -0.05) is 49.1 Å². The van der Waals surface area contributed by atoms with Crippen molar-refractivity contribution in [3.8, 4) is 6.07 Å². The fourth-order valence-electron chi connectivity index (χ4n) is 4.56. The maximum absolute atomic E-state index is 13.0. The molecule has 156 valence electrons. The van der Waals surface area contributed by atoms with Crippen LogP contribution in [0.4, 0.5) is 5.69 Å². The molecule has 0 saturated heterocycles. The number of nitriles is 1. The van der Waals surface area contributed by atoms with Crippen LogP contribution in [-0.4, -0.2) is 24.6 Å². The van der Waals surface area contributed by atoms with E-state index in [2.05, 4.69) is 39.6 Å². The Kier molecular flexibility index (Phi) is 5.39. The summed E-state index contributed by atoms with van der Waals surface area (Å²) in [7, 11) is 3.99. The fourth-order valence-corrected chi connectivity index (χ4v) is 4.56. The zero-order valence-corrected chi connectivity index (χ0v) is 18.2. The van der Waals surface area contributed by atoms with Gasteiger partial charge in [-0.25, -0.2) is 0 Å². The summed E-state index contributed by atoms with van der Waals surface area (Å²) in [6, 6.07) is 10.5. The predicted octanol–water partition coefficient (Wildman–Crippen LogP) is 5.16. The Morgan fingerprint density at radius 3 is 2.81 bits per heavy atom. The van der Waals surface area contributed by atoms with Crippen molar-refractivity contribution in [3.05, 3.63) is 71.8 Å². The molecule has 0 aliphatic carbocycles. The monoisotopic (exact) mass is 410 g/mol. The van der Waals surface area contributed by atoms with Crippen LogP contribution in [0.1, 0.15) is 34.8 Å². The van der Waals surface area contributed by atoms with E-state index in [-0.39, 0.29) is 5.91 Å². The van der Waals surface area contributed by atoms with Crippen LogP contribution < -0.4 is 10.2 Å². The zero-order valence-electron chi connectivity index (χ0n) is 18.2. The highest BCUT2D eigenvalue weighted by atomic mass is 16.1. The van der Waals surface area contributed by atoms with Gasteiger partial charge in [-0.15, -0.1) is 0 Å². The second-order valence-corrected chi connectivity index (χ2v) is 7.86. The number of carbonyl (C=O) groups excluding carboxylic acids is 1. The van der Waals surface area contributed by atoms with Crippen LogP contribution in [0.2, 0.25) is 0 Å². The lowest BCUT2D eigenvalue weighted by molar-refractivity contribution is 0.0965. The normalized spacial score (nSPS) is 13.3. The number of hydrogen-bond acceptors (Lipinski definition) is 3. The third kappa shape index (κ3) is 3.21. The van der Waals surface area contributed by atoms with E-state index in [9.17, 15) is 10.1 Å². The molecule has 1 aromatic heterocycles. The molecule has 3 aromatic rings. The van der Waals surface area contributed by atoms with Gasteiger partial charge in [0.1, 0.15) is 0 Å². The van der Waals surface area contributed by atoms with Crippen LogP contribution in [0.25, 0.3) is 27.4 Å². The summed E-state index contributed by atoms with van der Waals surface area (Å²) in [5.41, 5.74) is 6.42. The Bertz CT molecular complexity index is 1320. The van der Waals surface area contributed by atoms with Gasteiger partial charge < -0.3 is 14.8 Å². The Hall–Kier alpha value is -3.78. The number of carbonyl (C=O) groups is 1. The first-order valence-electron chi connectivity index (χ1n) is 10.4. The molecular formula is C26H26N4O. The number of anilines is 1. The summed E-state index contributed by atoms with van der Waals surface area (Å²) in [6.07, 6.45) is 8.20. The minimum absolute atomic E-state index is 0.0653. The van der Waals surface area contributed by atoms with Crippen molar-refractivity contribution in [2.75, 3.05) is 19.0 Å². The van der Waals surface area contributed by atoms with Gasteiger partial charge in [0.25, 0.3) is 5.91 Å². The fraction of sp³-hybridized carbons (Fsp3) is 0.231. The van der Waals surface area contributed by atoms with Gasteiger partial charge in [-0.2, -0.15) is 5.26 Å². The number of benzene rings is 2. The van der Waals surface area contributed by atoms with Crippen molar-refractivity contribution in [2.24, 2.45) is 0 Å². The molecule has 2 heterocycles. The van der Waals surface area contributed by atoms with Gasteiger partial charge in [0.05, 0.1) is 29.3 Å². The maximum Gasteiger partial charge on any atom is 0.252 e. The topological polar surface area (TPSA) is 61.1 Å². The predicted molar refractivity (Wildman–Crippen MR) is 128 cm³/mol. The lowest BCUT2D eigenvalue weighted by Crippen LogP contribution is -2.17. The number of hydrogen-bond donors (Lipinski definition) is 1. The third-order valence-corrected chi connectivity index (χ3v) is 5.75. The minimum atomic E-state index is -0.0653. The molecule has 5 nitrogen and oxygen atoms in total. The van der Waals surface area contributed by atoms with Crippen molar-refractivity contribution >= 4 is 39.0 Å².